The molecule has 0 amide bonds. The predicted octanol–water partition coefficient (Wildman–Crippen LogP) is 2.02. The molecule has 2 heterocycles. The number of nitrogens with zero attached hydrogens (tertiary/aromatic N) is 1. The van der Waals surface area contributed by atoms with Crippen molar-refractivity contribution in [1.29, 1.82) is 0 Å². The summed E-state index contributed by atoms with van der Waals surface area (Å²) in [6, 6.07) is 1.45. The van der Waals surface area contributed by atoms with E-state index in [2.05, 4.69) is 10.2 Å². The lowest BCUT2D eigenvalue weighted by atomic mass is 9.83. The van der Waals surface area contributed by atoms with Gasteiger partial charge in [-0.1, -0.05) is 19.3 Å². The minimum absolute atomic E-state index is 0.705. The van der Waals surface area contributed by atoms with E-state index in [9.17, 15) is 0 Å². The fourth-order valence-electron chi connectivity index (χ4n) is 3.97. The average molecular weight is 252 g/mol. The number of ether oxygens (including phenoxy) is 1. The van der Waals surface area contributed by atoms with Gasteiger partial charge in [-0.05, 0) is 44.7 Å². The molecule has 104 valence electrons. The first-order valence-electron chi connectivity index (χ1n) is 7.98. The molecule has 3 fully saturated rings. The van der Waals surface area contributed by atoms with Crippen molar-refractivity contribution in [3.63, 3.8) is 0 Å². The molecule has 2 unspecified atom stereocenters. The Hall–Kier alpha value is -0.120. The van der Waals surface area contributed by atoms with Crippen molar-refractivity contribution in [2.75, 3.05) is 32.8 Å². The van der Waals surface area contributed by atoms with Gasteiger partial charge >= 0.3 is 0 Å². The van der Waals surface area contributed by atoms with E-state index in [4.69, 9.17) is 4.74 Å². The van der Waals surface area contributed by atoms with Crippen LogP contribution in [-0.2, 0) is 4.74 Å². The zero-order valence-electron chi connectivity index (χ0n) is 11.6. The summed E-state index contributed by atoms with van der Waals surface area (Å²) in [5.74, 6) is 0.932. The third-order valence-corrected chi connectivity index (χ3v) is 5.10. The Bertz CT molecular complexity index is 247. The molecule has 0 aromatic rings. The van der Waals surface area contributed by atoms with Gasteiger partial charge in [0.2, 0.25) is 0 Å². The third-order valence-electron chi connectivity index (χ3n) is 5.10. The Morgan fingerprint density at radius 3 is 2.67 bits per heavy atom. The van der Waals surface area contributed by atoms with Gasteiger partial charge in [0, 0.05) is 25.2 Å². The van der Waals surface area contributed by atoms with Crippen molar-refractivity contribution in [2.45, 2.75) is 57.0 Å². The summed E-state index contributed by atoms with van der Waals surface area (Å²) in [5.41, 5.74) is 0. The van der Waals surface area contributed by atoms with Crippen LogP contribution in [0.1, 0.15) is 44.9 Å². The smallest absolute Gasteiger partial charge is 0.0622 e. The van der Waals surface area contributed by atoms with Crippen molar-refractivity contribution >= 4 is 0 Å². The Labute approximate surface area is 111 Å². The van der Waals surface area contributed by atoms with Gasteiger partial charge in [-0.3, -0.25) is 4.90 Å². The van der Waals surface area contributed by atoms with Gasteiger partial charge < -0.3 is 10.1 Å². The third kappa shape index (κ3) is 3.06. The number of hydrogen-bond donors (Lipinski definition) is 1. The highest BCUT2D eigenvalue weighted by atomic mass is 16.5. The lowest BCUT2D eigenvalue weighted by Gasteiger charge is -2.34. The van der Waals surface area contributed by atoms with E-state index < -0.39 is 0 Å². The Morgan fingerprint density at radius 2 is 1.89 bits per heavy atom. The highest BCUT2D eigenvalue weighted by Crippen LogP contribution is 2.28. The molecule has 0 spiro atoms. The van der Waals surface area contributed by atoms with E-state index in [0.717, 1.165) is 25.2 Å². The summed E-state index contributed by atoms with van der Waals surface area (Å²) in [6.45, 7) is 5.69. The molecule has 0 radical (unpaired) electrons. The van der Waals surface area contributed by atoms with Crippen molar-refractivity contribution in [2.24, 2.45) is 5.92 Å². The van der Waals surface area contributed by atoms with Gasteiger partial charge in [0.1, 0.15) is 0 Å². The largest absolute Gasteiger partial charge is 0.380 e. The van der Waals surface area contributed by atoms with Crippen LogP contribution in [0.25, 0.3) is 0 Å². The van der Waals surface area contributed by atoms with E-state index in [1.54, 1.807) is 0 Å². The van der Waals surface area contributed by atoms with Gasteiger partial charge in [-0.15, -0.1) is 0 Å². The molecule has 0 bridgehead atoms. The average Bonchev–Trinajstić information content (AvgIpc) is 2.85. The maximum atomic E-state index is 5.57. The first-order valence-corrected chi connectivity index (χ1v) is 7.98. The van der Waals surface area contributed by atoms with Crippen LogP contribution in [0.2, 0.25) is 0 Å². The van der Waals surface area contributed by atoms with Crippen LogP contribution in [0.3, 0.4) is 0 Å². The normalized spacial score (nSPS) is 36.7. The van der Waals surface area contributed by atoms with E-state index >= 15 is 0 Å². The molecule has 3 nitrogen and oxygen atoms in total. The second-order valence-corrected chi connectivity index (χ2v) is 6.32. The Kier molecular flexibility index (Phi) is 4.55. The monoisotopic (exact) mass is 252 g/mol. The van der Waals surface area contributed by atoms with Crippen LogP contribution < -0.4 is 5.32 Å². The summed E-state index contributed by atoms with van der Waals surface area (Å²) in [5, 5.41) is 3.82. The molecule has 2 atom stereocenters. The molecule has 3 aliphatic rings. The zero-order valence-corrected chi connectivity index (χ0v) is 11.6. The molecule has 3 heteroatoms. The number of nitrogens with one attached hydrogen (secondary N) is 1. The fourth-order valence-corrected chi connectivity index (χ4v) is 3.97. The predicted molar refractivity (Wildman–Crippen MR) is 73.8 cm³/mol. The number of hydrogen-bond acceptors (Lipinski definition) is 3. The molecule has 3 rings (SSSR count). The van der Waals surface area contributed by atoms with E-state index in [1.165, 1.54) is 64.6 Å². The standard InChI is InChI=1S/C15H28N2O/c1-2-5-13(6-3-1)15-11-17(9-4-8-16-15)14-7-10-18-12-14/h13-16H,1-12H2. The number of rotatable bonds is 2. The summed E-state index contributed by atoms with van der Waals surface area (Å²) in [6.07, 6.45) is 9.82. The first kappa shape index (κ1) is 12.9. The Balaban J connectivity index is 1.59. The van der Waals surface area contributed by atoms with Gasteiger partial charge in [0.05, 0.1) is 6.61 Å². The summed E-state index contributed by atoms with van der Waals surface area (Å²) >= 11 is 0. The lowest BCUT2D eigenvalue weighted by Crippen LogP contribution is -2.46. The molecule has 2 saturated heterocycles. The molecule has 2 aliphatic heterocycles. The molecule has 1 aliphatic carbocycles. The highest BCUT2D eigenvalue weighted by molar-refractivity contribution is 4.87. The van der Waals surface area contributed by atoms with Gasteiger partial charge in [-0.25, -0.2) is 0 Å². The Morgan fingerprint density at radius 1 is 1.00 bits per heavy atom. The van der Waals surface area contributed by atoms with Crippen molar-refractivity contribution in [3.8, 4) is 0 Å². The fraction of sp³-hybridized carbons (Fsp3) is 1.00. The molecule has 18 heavy (non-hydrogen) atoms. The second kappa shape index (κ2) is 6.36. The van der Waals surface area contributed by atoms with Crippen LogP contribution in [0.15, 0.2) is 0 Å². The second-order valence-electron chi connectivity index (χ2n) is 6.32. The minimum Gasteiger partial charge on any atom is -0.380 e. The van der Waals surface area contributed by atoms with Crippen molar-refractivity contribution in [3.05, 3.63) is 0 Å². The zero-order chi connectivity index (χ0) is 12.2. The van der Waals surface area contributed by atoms with Crippen molar-refractivity contribution in [1.82, 2.24) is 10.2 Å². The molecule has 0 aromatic carbocycles. The first-order chi connectivity index (χ1) is 8.93. The summed E-state index contributed by atoms with van der Waals surface area (Å²) in [4.78, 5) is 2.71. The van der Waals surface area contributed by atoms with E-state index in [0.29, 0.717) is 6.04 Å². The molecule has 0 aromatic heterocycles. The van der Waals surface area contributed by atoms with Gasteiger partial charge in [0.25, 0.3) is 0 Å². The topological polar surface area (TPSA) is 24.5 Å². The minimum atomic E-state index is 0.705. The van der Waals surface area contributed by atoms with Crippen LogP contribution in [0.5, 0.6) is 0 Å². The van der Waals surface area contributed by atoms with Crippen LogP contribution in [0.4, 0.5) is 0 Å². The van der Waals surface area contributed by atoms with Gasteiger partial charge in [0.15, 0.2) is 0 Å². The maximum absolute atomic E-state index is 5.57. The van der Waals surface area contributed by atoms with Crippen molar-refractivity contribution < 1.29 is 4.74 Å². The summed E-state index contributed by atoms with van der Waals surface area (Å²) in [7, 11) is 0. The van der Waals surface area contributed by atoms with E-state index in [-0.39, 0.29) is 0 Å². The van der Waals surface area contributed by atoms with Crippen LogP contribution in [0, 0.1) is 5.92 Å². The molecule has 1 saturated carbocycles. The molecule has 1 N–H and O–H groups in total. The maximum Gasteiger partial charge on any atom is 0.0622 e. The molecular weight excluding hydrogens is 224 g/mol. The van der Waals surface area contributed by atoms with Gasteiger partial charge in [-0.2, -0.15) is 0 Å². The van der Waals surface area contributed by atoms with Crippen LogP contribution >= 0.6 is 0 Å². The van der Waals surface area contributed by atoms with Crippen LogP contribution in [-0.4, -0.2) is 49.8 Å². The summed E-state index contributed by atoms with van der Waals surface area (Å²) < 4.78 is 5.57. The highest BCUT2D eigenvalue weighted by Gasteiger charge is 2.31. The van der Waals surface area contributed by atoms with E-state index in [1.807, 2.05) is 0 Å². The molecular formula is C15H28N2O. The lowest BCUT2D eigenvalue weighted by molar-refractivity contribution is 0.130. The SMILES string of the molecule is C1CCC(C2CN(C3CCOC3)CCCN2)CC1. The quantitative estimate of drug-likeness (QED) is 0.814.